The zero-order valence-electron chi connectivity index (χ0n) is 18.2. The van der Waals surface area contributed by atoms with Crippen molar-refractivity contribution < 1.29 is 22.4 Å². The predicted molar refractivity (Wildman–Crippen MR) is 121 cm³/mol. The van der Waals surface area contributed by atoms with E-state index in [0.717, 1.165) is 10.7 Å². The fourth-order valence-corrected chi connectivity index (χ4v) is 4.16. The molecule has 1 atom stereocenters. The molecule has 2 amide bonds. The van der Waals surface area contributed by atoms with Crippen LogP contribution in [0.4, 0.5) is 4.39 Å². The summed E-state index contributed by atoms with van der Waals surface area (Å²) >= 11 is 5.82. The largest absolute Gasteiger partial charge is 0.354 e. The Kier molecular flexibility index (Phi) is 9.18. The van der Waals surface area contributed by atoms with Crippen molar-refractivity contribution in [1.82, 2.24) is 14.5 Å². The summed E-state index contributed by atoms with van der Waals surface area (Å²) in [4.78, 5) is 26.9. The summed E-state index contributed by atoms with van der Waals surface area (Å²) in [6.45, 7) is 3.47. The van der Waals surface area contributed by atoms with Gasteiger partial charge in [-0.1, -0.05) is 30.7 Å². The van der Waals surface area contributed by atoms with Gasteiger partial charge in [0.15, 0.2) is 0 Å². The summed E-state index contributed by atoms with van der Waals surface area (Å²) in [5.41, 5.74) is 0.609. The molecule has 0 radical (unpaired) electrons. The first-order valence-corrected chi connectivity index (χ1v) is 11.9. The number of halogens is 2. The van der Waals surface area contributed by atoms with Crippen molar-refractivity contribution in [1.29, 1.82) is 0 Å². The Morgan fingerprint density at radius 1 is 1.09 bits per heavy atom. The minimum Gasteiger partial charge on any atom is -0.354 e. The molecule has 0 aliphatic rings. The van der Waals surface area contributed by atoms with Gasteiger partial charge in [-0.3, -0.25) is 9.59 Å². The number of amides is 2. The van der Waals surface area contributed by atoms with Crippen molar-refractivity contribution >= 4 is 33.4 Å². The lowest BCUT2D eigenvalue weighted by molar-refractivity contribution is -0.140. The third-order valence-corrected chi connectivity index (χ3v) is 6.93. The number of benzene rings is 2. The monoisotopic (exact) mass is 483 g/mol. The molecular formula is C22H27ClFN3O4S. The molecule has 1 unspecified atom stereocenters. The van der Waals surface area contributed by atoms with Crippen LogP contribution in [0.5, 0.6) is 0 Å². The van der Waals surface area contributed by atoms with Crippen molar-refractivity contribution in [2.75, 3.05) is 20.1 Å². The Bertz CT molecular complexity index is 1030. The molecule has 10 heteroatoms. The average Bonchev–Trinajstić information content (AvgIpc) is 2.76. The molecule has 0 heterocycles. The van der Waals surface area contributed by atoms with E-state index in [1.54, 1.807) is 6.92 Å². The van der Waals surface area contributed by atoms with Gasteiger partial charge in [-0.2, -0.15) is 4.31 Å². The van der Waals surface area contributed by atoms with Gasteiger partial charge in [0.25, 0.3) is 0 Å². The zero-order valence-corrected chi connectivity index (χ0v) is 19.8. The van der Waals surface area contributed by atoms with Crippen LogP contribution in [0.25, 0.3) is 0 Å². The molecule has 2 aromatic carbocycles. The first-order chi connectivity index (χ1) is 15.1. The molecule has 0 aliphatic carbocycles. The number of sulfonamides is 1. The van der Waals surface area contributed by atoms with E-state index in [-0.39, 0.29) is 17.3 Å². The highest BCUT2D eigenvalue weighted by atomic mass is 35.5. The van der Waals surface area contributed by atoms with E-state index in [0.29, 0.717) is 17.1 Å². The summed E-state index contributed by atoms with van der Waals surface area (Å²) in [5.74, 6) is -1.34. The molecule has 0 fully saturated rings. The quantitative estimate of drug-likeness (QED) is 0.562. The van der Waals surface area contributed by atoms with E-state index in [1.165, 1.54) is 60.5 Å². The van der Waals surface area contributed by atoms with Crippen LogP contribution in [-0.2, 0) is 26.2 Å². The van der Waals surface area contributed by atoms with E-state index in [2.05, 4.69) is 5.32 Å². The Morgan fingerprint density at radius 3 is 2.25 bits per heavy atom. The molecule has 0 spiro atoms. The van der Waals surface area contributed by atoms with Crippen LogP contribution in [0.15, 0.2) is 53.4 Å². The molecule has 0 aliphatic heterocycles. The van der Waals surface area contributed by atoms with Crippen molar-refractivity contribution in [2.45, 2.75) is 37.8 Å². The van der Waals surface area contributed by atoms with Gasteiger partial charge in [0, 0.05) is 25.2 Å². The number of carbonyl (C=O) groups excluding carboxylic acids is 2. The summed E-state index contributed by atoms with van der Waals surface area (Å²) in [5, 5.41) is 3.13. The lowest BCUT2D eigenvalue weighted by Gasteiger charge is -2.30. The number of rotatable bonds is 10. The van der Waals surface area contributed by atoms with Crippen LogP contribution in [0.3, 0.4) is 0 Å². The van der Waals surface area contributed by atoms with Gasteiger partial charge in [0.1, 0.15) is 11.9 Å². The molecule has 1 N–H and O–H groups in total. The van der Waals surface area contributed by atoms with Gasteiger partial charge in [-0.05, 0) is 55.3 Å². The maximum absolute atomic E-state index is 13.3. The van der Waals surface area contributed by atoms with Crippen LogP contribution in [0.2, 0.25) is 5.02 Å². The number of hydrogen-bond acceptors (Lipinski definition) is 4. The van der Waals surface area contributed by atoms with Crippen LogP contribution in [-0.4, -0.2) is 55.6 Å². The highest BCUT2D eigenvalue weighted by Crippen LogP contribution is 2.18. The molecule has 0 saturated carbocycles. The fourth-order valence-electron chi connectivity index (χ4n) is 2.92. The highest BCUT2D eigenvalue weighted by molar-refractivity contribution is 7.89. The summed E-state index contributed by atoms with van der Waals surface area (Å²) in [6, 6.07) is 10.3. The first-order valence-electron chi connectivity index (χ1n) is 10.1. The van der Waals surface area contributed by atoms with Gasteiger partial charge in [-0.15, -0.1) is 0 Å². The zero-order chi connectivity index (χ0) is 23.9. The number of hydrogen-bond donors (Lipinski definition) is 1. The van der Waals surface area contributed by atoms with Gasteiger partial charge in [-0.25, -0.2) is 12.8 Å². The summed E-state index contributed by atoms with van der Waals surface area (Å²) in [6.07, 6.45) is 0.729. The second-order valence-electron chi connectivity index (χ2n) is 7.33. The molecule has 0 aromatic heterocycles. The molecule has 32 heavy (non-hydrogen) atoms. The molecule has 0 saturated heterocycles. The first kappa shape index (κ1) is 25.8. The Labute approximate surface area is 193 Å². The van der Waals surface area contributed by atoms with Gasteiger partial charge < -0.3 is 10.2 Å². The van der Waals surface area contributed by atoms with Crippen LogP contribution in [0, 0.1) is 5.82 Å². The van der Waals surface area contributed by atoms with Gasteiger partial charge >= 0.3 is 0 Å². The standard InChI is InChI=1S/C22H27ClFN3O4S/c1-4-13-25-22(29)16(2)27(14-17-5-9-19(24)10-6-17)21(28)15-26(3)32(30,31)20-11-7-18(23)8-12-20/h5-12,16H,4,13-15H2,1-3H3,(H,25,29). The van der Waals surface area contributed by atoms with E-state index in [4.69, 9.17) is 11.6 Å². The molecule has 174 valence electrons. The summed E-state index contributed by atoms with van der Waals surface area (Å²) in [7, 11) is -2.65. The summed E-state index contributed by atoms with van der Waals surface area (Å²) < 4.78 is 39.9. The van der Waals surface area contributed by atoms with Crippen molar-refractivity contribution in [2.24, 2.45) is 0 Å². The minimum atomic E-state index is -3.95. The van der Waals surface area contributed by atoms with Crippen LogP contribution < -0.4 is 5.32 Å². The maximum atomic E-state index is 13.3. The Morgan fingerprint density at radius 2 is 1.69 bits per heavy atom. The number of carbonyl (C=O) groups is 2. The number of likely N-dealkylation sites (N-methyl/N-ethyl adjacent to an activating group) is 1. The second-order valence-corrected chi connectivity index (χ2v) is 9.81. The minimum absolute atomic E-state index is 0.00368. The topological polar surface area (TPSA) is 86.8 Å². The lowest BCUT2D eigenvalue weighted by Crippen LogP contribution is -2.50. The average molecular weight is 484 g/mol. The smallest absolute Gasteiger partial charge is 0.243 e. The number of nitrogens with zero attached hydrogens (tertiary/aromatic N) is 2. The van der Waals surface area contributed by atoms with Crippen molar-refractivity contribution in [3.05, 3.63) is 64.9 Å². The van der Waals surface area contributed by atoms with Gasteiger partial charge in [0.2, 0.25) is 21.8 Å². The van der Waals surface area contributed by atoms with Crippen LogP contribution >= 0.6 is 11.6 Å². The van der Waals surface area contributed by atoms with E-state index in [9.17, 15) is 22.4 Å². The third kappa shape index (κ3) is 6.75. The fraction of sp³-hybridized carbons (Fsp3) is 0.364. The predicted octanol–water partition coefficient (Wildman–Crippen LogP) is 3.04. The van der Waals surface area contributed by atoms with Crippen molar-refractivity contribution in [3.63, 3.8) is 0 Å². The molecule has 2 rings (SSSR count). The van der Waals surface area contributed by atoms with E-state index >= 15 is 0 Å². The SMILES string of the molecule is CCCNC(=O)C(C)N(Cc1ccc(F)cc1)C(=O)CN(C)S(=O)(=O)c1ccc(Cl)cc1. The Hall–Kier alpha value is -2.49. The highest BCUT2D eigenvalue weighted by Gasteiger charge is 2.30. The van der Waals surface area contributed by atoms with Crippen LogP contribution in [0.1, 0.15) is 25.8 Å². The molecule has 0 bridgehead atoms. The normalized spacial score (nSPS) is 12.4. The maximum Gasteiger partial charge on any atom is 0.243 e. The van der Waals surface area contributed by atoms with Gasteiger partial charge in [0.05, 0.1) is 11.4 Å². The third-order valence-electron chi connectivity index (χ3n) is 4.86. The molecular weight excluding hydrogens is 457 g/mol. The van der Waals surface area contributed by atoms with E-state index < -0.39 is 34.3 Å². The number of nitrogens with one attached hydrogen (secondary N) is 1. The molecule has 7 nitrogen and oxygen atoms in total. The lowest BCUT2D eigenvalue weighted by atomic mass is 10.1. The molecule has 2 aromatic rings. The van der Waals surface area contributed by atoms with E-state index in [1.807, 2.05) is 6.92 Å². The second kappa shape index (κ2) is 11.4. The Balaban J connectivity index is 2.24. The van der Waals surface area contributed by atoms with Crippen molar-refractivity contribution in [3.8, 4) is 0 Å².